The highest BCUT2D eigenvalue weighted by atomic mass is 15.2. The lowest BCUT2D eigenvalue weighted by molar-refractivity contribution is 0.755. The van der Waals surface area contributed by atoms with Crippen molar-refractivity contribution in [2.24, 2.45) is 9.98 Å². The second-order valence-electron chi connectivity index (χ2n) is 17.3. The first-order valence-corrected chi connectivity index (χ1v) is 22.1. The van der Waals surface area contributed by atoms with Gasteiger partial charge >= 0.3 is 0 Å². The Morgan fingerprint density at radius 2 is 0.922 bits per heavy atom. The number of rotatable bonds is 4. The smallest absolute Gasteiger partial charge is 0.169 e. The van der Waals surface area contributed by atoms with Gasteiger partial charge in [0, 0.05) is 32.8 Å². The van der Waals surface area contributed by atoms with Gasteiger partial charge in [-0.1, -0.05) is 182 Å². The molecule has 4 nitrogen and oxygen atoms in total. The van der Waals surface area contributed by atoms with Crippen molar-refractivity contribution in [3.63, 3.8) is 0 Å². The normalized spacial score (nSPS) is 15.5. The van der Waals surface area contributed by atoms with Gasteiger partial charge in [-0.2, -0.15) is 0 Å². The minimum Gasteiger partial charge on any atom is -0.324 e. The van der Waals surface area contributed by atoms with Crippen molar-refractivity contribution in [2.45, 2.75) is 11.6 Å². The van der Waals surface area contributed by atoms with Crippen LogP contribution in [-0.4, -0.2) is 16.2 Å². The van der Waals surface area contributed by atoms with Crippen LogP contribution in [0.1, 0.15) is 45.1 Å². The van der Waals surface area contributed by atoms with Crippen LogP contribution in [-0.2, 0) is 5.41 Å². The number of fused-ring (bicyclic) bond motifs is 15. The van der Waals surface area contributed by atoms with Crippen LogP contribution < -0.4 is 5.32 Å². The third kappa shape index (κ3) is 4.88. The SMILES string of the molecule is c1ccc(C2=NC(c3cc(-n4c5ccccc5c5cc6ccccc6cc54)c4ccccc4c3)N=C(c3ccc4c(c3)C3(c5ccccc5-c5ccccc53)c3ccccc3-4)N2)cc1. The van der Waals surface area contributed by atoms with Gasteiger partial charge in [0.15, 0.2) is 6.17 Å². The Hall–Kier alpha value is -8.34. The van der Waals surface area contributed by atoms with Crippen molar-refractivity contribution >= 4 is 55.0 Å². The molecule has 1 spiro atoms. The van der Waals surface area contributed by atoms with Crippen LogP contribution in [0.3, 0.4) is 0 Å². The Kier molecular flexibility index (Phi) is 7.35. The molecule has 2 aliphatic carbocycles. The molecule has 0 amide bonds. The molecule has 14 rings (SSSR count). The summed E-state index contributed by atoms with van der Waals surface area (Å²) in [5.74, 6) is 1.59. The quantitative estimate of drug-likeness (QED) is 0.189. The van der Waals surface area contributed by atoms with Gasteiger partial charge in [-0.25, -0.2) is 9.98 Å². The molecule has 2 heterocycles. The molecular weight excluding hydrogens is 777 g/mol. The Balaban J connectivity index is 0.992. The van der Waals surface area contributed by atoms with Crippen LogP contribution in [0.15, 0.2) is 228 Å². The highest BCUT2D eigenvalue weighted by Gasteiger charge is 2.51. The van der Waals surface area contributed by atoms with Gasteiger partial charge < -0.3 is 9.88 Å². The maximum atomic E-state index is 5.58. The number of nitrogens with zero attached hydrogens (tertiary/aromatic N) is 3. The van der Waals surface area contributed by atoms with Crippen LogP contribution in [0, 0.1) is 0 Å². The fraction of sp³-hybridized carbons (Fsp3) is 0.0333. The van der Waals surface area contributed by atoms with Crippen molar-refractivity contribution in [3.8, 4) is 27.9 Å². The maximum absolute atomic E-state index is 5.58. The van der Waals surface area contributed by atoms with Crippen molar-refractivity contribution in [3.05, 3.63) is 257 Å². The first-order chi connectivity index (χ1) is 31.7. The van der Waals surface area contributed by atoms with Crippen LogP contribution in [0.5, 0.6) is 0 Å². The number of hydrogen-bond acceptors (Lipinski definition) is 3. The van der Waals surface area contributed by atoms with Gasteiger partial charge in [-0.05, 0) is 97.1 Å². The van der Waals surface area contributed by atoms with E-state index in [0.717, 1.165) is 39.4 Å². The van der Waals surface area contributed by atoms with E-state index in [1.807, 2.05) is 0 Å². The Bertz CT molecular complexity index is 3770. The molecule has 64 heavy (non-hydrogen) atoms. The van der Waals surface area contributed by atoms with E-state index in [2.05, 4.69) is 228 Å². The van der Waals surface area contributed by atoms with E-state index in [4.69, 9.17) is 9.98 Å². The van der Waals surface area contributed by atoms with Gasteiger partial charge in [0.25, 0.3) is 0 Å². The van der Waals surface area contributed by atoms with Crippen molar-refractivity contribution in [1.29, 1.82) is 0 Å². The van der Waals surface area contributed by atoms with Gasteiger partial charge in [0.1, 0.15) is 11.7 Å². The van der Waals surface area contributed by atoms with E-state index in [9.17, 15) is 0 Å². The summed E-state index contributed by atoms with van der Waals surface area (Å²) in [5.41, 5.74) is 16.4. The lowest BCUT2D eigenvalue weighted by Gasteiger charge is -2.31. The van der Waals surface area contributed by atoms with E-state index >= 15 is 0 Å². The molecule has 1 unspecified atom stereocenters. The average molecular weight is 815 g/mol. The van der Waals surface area contributed by atoms with E-state index in [-0.39, 0.29) is 0 Å². The summed E-state index contributed by atoms with van der Waals surface area (Å²) in [7, 11) is 0. The van der Waals surface area contributed by atoms with Gasteiger partial charge in [-0.15, -0.1) is 0 Å². The van der Waals surface area contributed by atoms with E-state index in [1.54, 1.807) is 0 Å². The molecule has 0 radical (unpaired) electrons. The molecule has 1 N–H and O–H groups in total. The second-order valence-corrected chi connectivity index (χ2v) is 17.3. The van der Waals surface area contributed by atoms with Crippen molar-refractivity contribution < 1.29 is 0 Å². The molecule has 11 aromatic rings. The summed E-state index contributed by atoms with van der Waals surface area (Å²) in [4.78, 5) is 11.0. The zero-order chi connectivity index (χ0) is 41.9. The zero-order valence-corrected chi connectivity index (χ0v) is 34.7. The fourth-order valence-corrected chi connectivity index (χ4v) is 11.3. The molecule has 4 heteroatoms. The van der Waals surface area contributed by atoms with Crippen LogP contribution in [0.2, 0.25) is 0 Å². The molecule has 298 valence electrons. The summed E-state index contributed by atoms with van der Waals surface area (Å²) in [6, 6.07) is 79.8. The third-order valence-electron chi connectivity index (χ3n) is 14.0. The highest BCUT2D eigenvalue weighted by molar-refractivity contribution is 6.17. The van der Waals surface area contributed by atoms with Crippen LogP contribution in [0.25, 0.3) is 71.3 Å². The standard InChI is InChI=1S/C60H38N4/c1-2-16-37(17-3-1)57-61-58(41-30-31-47-46-24-10-14-28-52(46)60(53(47)34-41)50-26-12-8-22-44(50)45-23-9-13-27-51(45)60)63-59(62-57)42-32-40-20-6-7-21-43(40)55(36-42)64-54-29-15-11-25-48(54)49-33-38-18-4-5-19-39(38)35-56(49)64/h1-36,59H,(H,61,62,63). The van der Waals surface area contributed by atoms with Crippen LogP contribution in [0.4, 0.5) is 0 Å². The van der Waals surface area contributed by atoms with E-state index in [0.29, 0.717) is 0 Å². The topological polar surface area (TPSA) is 41.7 Å². The van der Waals surface area contributed by atoms with Gasteiger partial charge in [-0.3, -0.25) is 0 Å². The third-order valence-corrected chi connectivity index (χ3v) is 14.0. The summed E-state index contributed by atoms with van der Waals surface area (Å²) >= 11 is 0. The van der Waals surface area contributed by atoms with Gasteiger partial charge in [0.05, 0.1) is 22.1 Å². The first-order valence-electron chi connectivity index (χ1n) is 22.1. The van der Waals surface area contributed by atoms with Crippen molar-refractivity contribution in [2.75, 3.05) is 0 Å². The molecule has 0 saturated heterocycles. The minimum absolute atomic E-state index is 0.457. The second kappa shape index (κ2) is 13.3. The predicted octanol–water partition coefficient (Wildman–Crippen LogP) is 13.9. The number of aromatic nitrogens is 1. The molecule has 3 aliphatic rings. The molecule has 0 bridgehead atoms. The van der Waals surface area contributed by atoms with E-state index < -0.39 is 11.6 Å². The summed E-state index contributed by atoms with van der Waals surface area (Å²) < 4.78 is 2.45. The molecule has 1 aromatic heterocycles. The van der Waals surface area contributed by atoms with Crippen molar-refractivity contribution in [1.82, 2.24) is 9.88 Å². The number of aliphatic imine (C=N–C) groups is 2. The summed E-state index contributed by atoms with van der Waals surface area (Å²) in [6.45, 7) is 0. The number of benzene rings is 10. The molecule has 0 saturated carbocycles. The number of nitrogens with one attached hydrogen (secondary N) is 1. The van der Waals surface area contributed by atoms with Gasteiger partial charge in [0.2, 0.25) is 0 Å². The molecular formula is C60H38N4. The highest BCUT2D eigenvalue weighted by Crippen LogP contribution is 2.62. The largest absolute Gasteiger partial charge is 0.324 e. The number of amidine groups is 2. The summed E-state index contributed by atoms with van der Waals surface area (Å²) in [5, 5.41) is 11.0. The zero-order valence-electron chi connectivity index (χ0n) is 34.7. The van der Waals surface area contributed by atoms with Crippen LogP contribution >= 0.6 is 0 Å². The Labute approximate surface area is 370 Å². The number of hydrogen-bond donors (Lipinski definition) is 1. The summed E-state index contributed by atoms with van der Waals surface area (Å²) in [6.07, 6.45) is -0.518. The number of para-hydroxylation sites is 1. The molecule has 1 atom stereocenters. The molecule has 0 fully saturated rings. The van der Waals surface area contributed by atoms with E-state index in [1.165, 1.54) is 82.5 Å². The minimum atomic E-state index is -0.518. The predicted molar refractivity (Wildman–Crippen MR) is 264 cm³/mol. The monoisotopic (exact) mass is 814 g/mol. The molecule has 10 aromatic carbocycles. The first kappa shape index (κ1) is 35.3. The lowest BCUT2D eigenvalue weighted by atomic mass is 9.70. The fourth-order valence-electron chi connectivity index (χ4n) is 11.3. The Morgan fingerprint density at radius 3 is 1.62 bits per heavy atom. The molecule has 1 aliphatic heterocycles. The lowest BCUT2D eigenvalue weighted by Crippen LogP contribution is -2.36. The Morgan fingerprint density at radius 1 is 0.375 bits per heavy atom. The maximum Gasteiger partial charge on any atom is 0.169 e. The average Bonchev–Trinajstić information content (AvgIpc) is 3.96.